The number of methoxy groups -OCH3 is 2. The number of benzene rings is 2. The molecule has 0 saturated heterocycles. The number of rotatable bonds is 10. The molecular weight excluding hydrogens is 356 g/mol. The van der Waals surface area contributed by atoms with E-state index in [0.29, 0.717) is 11.5 Å². The summed E-state index contributed by atoms with van der Waals surface area (Å²) in [6, 6.07) is 11.9. The Hall–Kier alpha value is -2.69. The maximum absolute atomic E-state index is 12.0. The maximum Gasteiger partial charge on any atom is 0.508 e. The smallest absolute Gasteiger partial charge is 0.496 e. The van der Waals surface area contributed by atoms with Gasteiger partial charge in [-0.3, -0.25) is 0 Å². The summed E-state index contributed by atoms with van der Waals surface area (Å²) < 4.78 is 21.3. The summed E-state index contributed by atoms with van der Waals surface area (Å²) in [5.74, 6) is 1.43. The molecule has 5 heteroatoms. The zero-order valence-electron chi connectivity index (χ0n) is 17.2. The lowest BCUT2D eigenvalue weighted by molar-refractivity contribution is 0.0438. The average Bonchev–Trinajstić information content (AvgIpc) is 2.72. The molecule has 0 aliphatic carbocycles. The number of ether oxygens (including phenoxy) is 4. The van der Waals surface area contributed by atoms with Crippen molar-refractivity contribution >= 4 is 6.16 Å². The van der Waals surface area contributed by atoms with Crippen LogP contribution in [0.2, 0.25) is 0 Å². The van der Waals surface area contributed by atoms with Crippen molar-refractivity contribution in [2.45, 2.75) is 52.7 Å². The minimum Gasteiger partial charge on any atom is -0.496 e. The SMILES string of the molecule is CCCc1ccc(COC(=O)OCc2ccc(CCC)cc2OC)c(OC)c1. The van der Waals surface area contributed by atoms with E-state index in [9.17, 15) is 4.79 Å². The van der Waals surface area contributed by atoms with Crippen LogP contribution in [0.4, 0.5) is 4.79 Å². The van der Waals surface area contributed by atoms with E-state index in [2.05, 4.69) is 13.8 Å². The zero-order valence-corrected chi connectivity index (χ0v) is 17.2. The lowest BCUT2D eigenvalue weighted by atomic mass is 10.1. The Morgan fingerprint density at radius 3 is 1.54 bits per heavy atom. The summed E-state index contributed by atoms with van der Waals surface area (Å²) in [4.78, 5) is 12.0. The third-order valence-electron chi connectivity index (χ3n) is 4.47. The Balaban J connectivity index is 1.91. The van der Waals surface area contributed by atoms with Crippen molar-refractivity contribution < 1.29 is 23.7 Å². The fourth-order valence-electron chi connectivity index (χ4n) is 3.02. The van der Waals surface area contributed by atoms with Gasteiger partial charge >= 0.3 is 6.16 Å². The van der Waals surface area contributed by atoms with Gasteiger partial charge in [0.15, 0.2) is 0 Å². The van der Waals surface area contributed by atoms with Crippen LogP contribution in [0, 0.1) is 0 Å². The molecule has 2 aromatic carbocycles. The molecule has 0 amide bonds. The summed E-state index contributed by atoms with van der Waals surface area (Å²) in [7, 11) is 3.22. The molecule has 0 aliphatic heterocycles. The van der Waals surface area contributed by atoms with Gasteiger partial charge in [0, 0.05) is 11.1 Å². The van der Waals surface area contributed by atoms with Crippen molar-refractivity contribution in [1.82, 2.24) is 0 Å². The molecule has 152 valence electrons. The molecule has 2 rings (SSSR count). The summed E-state index contributed by atoms with van der Waals surface area (Å²) in [6.45, 7) is 4.46. The van der Waals surface area contributed by atoms with Gasteiger partial charge in [-0.05, 0) is 36.1 Å². The Kier molecular flexibility index (Phi) is 8.66. The number of carbonyl (C=O) groups is 1. The molecule has 0 spiro atoms. The molecule has 0 aliphatic rings. The number of hydrogen-bond acceptors (Lipinski definition) is 5. The van der Waals surface area contributed by atoms with Crippen LogP contribution in [0.3, 0.4) is 0 Å². The Morgan fingerprint density at radius 1 is 0.750 bits per heavy atom. The molecule has 0 saturated carbocycles. The Morgan fingerprint density at radius 2 is 1.18 bits per heavy atom. The first kappa shape index (κ1) is 21.6. The van der Waals surface area contributed by atoms with E-state index in [4.69, 9.17) is 18.9 Å². The van der Waals surface area contributed by atoms with Gasteiger partial charge in [0.05, 0.1) is 14.2 Å². The fourth-order valence-corrected chi connectivity index (χ4v) is 3.02. The molecule has 0 bridgehead atoms. The van der Waals surface area contributed by atoms with Crippen LogP contribution in [0.1, 0.15) is 48.9 Å². The molecule has 2 aromatic rings. The molecule has 0 aromatic heterocycles. The third kappa shape index (κ3) is 6.19. The monoisotopic (exact) mass is 386 g/mol. The largest absolute Gasteiger partial charge is 0.508 e. The van der Waals surface area contributed by atoms with Gasteiger partial charge in [0.2, 0.25) is 0 Å². The topological polar surface area (TPSA) is 54.0 Å². The van der Waals surface area contributed by atoms with Crippen LogP contribution in [0.15, 0.2) is 36.4 Å². The van der Waals surface area contributed by atoms with Crippen molar-refractivity contribution in [1.29, 1.82) is 0 Å². The van der Waals surface area contributed by atoms with Crippen LogP contribution < -0.4 is 9.47 Å². The van der Waals surface area contributed by atoms with Gasteiger partial charge in [-0.1, -0.05) is 51.0 Å². The van der Waals surface area contributed by atoms with Gasteiger partial charge in [0.1, 0.15) is 24.7 Å². The van der Waals surface area contributed by atoms with E-state index in [1.807, 2.05) is 36.4 Å². The summed E-state index contributed by atoms with van der Waals surface area (Å²) in [5, 5.41) is 0. The standard InChI is InChI=1S/C23H30O5/c1-5-7-17-9-11-19(21(13-17)25-3)15-27-23(24)28-16-20-12-10-18(8-6-2)14-22(20)26-4/h9-14H,5-8,15-16H2,1-4H3. The van der Waals surface area contributed by atoms with Crippen LogP contribution in [-0.2, 0) is 35.5 Å². The van der Waals surface area contributed by atoms with E-state index in [-0.39, 0.29) is 13.2 Å². The molecule has 0 atom stereocenters. The summed E-state index contributed by atoms with van der Waals surface area (Å²) in [6.07, 6.45) is 3.37. The fraction of sp³-hybridized carbons (Fsp3) is 0.435. The van der Waals surface area contributed by atoms with Crippen LogP contribution in [0.5, 0.6) is 11.5 Å². The van der Waals surface area contributed by atoms with Gasteiger partial charge < -0.3 is 18.9 Å². The Labute approximate surface area is 167 Å². The predicted molar refractivity (Wildman–Crippen MR) is 109 cm³/mol. The van der Waals surface area contributed by atoms with E-state index in [1.54, 1.807) is 14.2 Å². The van der Waals surface area contributed by atoms with Crippen molar-refractivity contribution in [3.8, 4) is 11.5 Å². The molecule has 0 fully saturated rings. The van der Waals surface area contributed by atoms with Gasteiger partial charge in [-0.2, -0.15) is 0 Å². The highest BCUT2D eigenvalue weighted by Gasteiger charge is 2.11. The molecule has 5 nitrogen and oxygen atoms in total. The molecule has 0 unspecified atom stereocenters. The summed E-state index contributed by atoms with van der Waals surface area (Å²) in [5.41, 5.74) is 4.01. The van der Waals surface area contributed by atoms with Crippen LogP contribution in [-0.4, -0.2) is 20.4 Å². The van der Waals surface area contributed by atoms with E-state index < -0.39 is 6.16 Å². The zero-order chi connectivity index (χ0) is 20.4. The van der Waals surface area contributed by atoms with E-state index in [1.165, 1.54) is 11.1 Å². The first-order chi connectivity index (χ1) is 13.6. The maximum atomic E-state index is 12.0. The summed E-state index contributed by atoms with van der Waals surface area (Å²) >= 11 is 0. The highest BCUT2D eigenvalue weighted by atomic mass is 16.7. The molecule has 0 N–H and O–H groups in total. The third-order valence-corrected chi connectivity index (χ3v) is 4.47. The van der Waals surface area contributed by atoms with Crippen LogP contribution >= 0.6 is 0 Å². The van der Waals surface area contributed by atoms with Gasteiger partial charge in [-0.25, -0.2) is 4.79 Å². The average molecular weight is 386 g/mol. The minimum absolute atomic E-state index is 0.0982. The molecule has 0 radical (unpaired) electrons. The second kappa shape index (κ2) is 11.2. The lowest BCUT2D eigenvalue weighted by Crippen LogP contribution is -2.09. The number of aryl methyl sites for hydroxylation is 2. The normalized spacial score (nSPS) is 10.4. The van der Waals surface area contributed by atoms with Crippen molar-refractivity contribution in [2.24, 2.45) is 0 Å². The Bertz CT molecular complexity index is 706. The van der Waals surface area contributed by atoms with Crippen molar-refractivity contribution in [3.05, 3.63) is 58.7 Å². The van der Waals surface area contributed by atoms with Gasteiger partial charge in [0.25, 0.3) is 0 Å². The molecular formula is C23H30O5. The molecule has 28 heavy (non-hydrogen) atoms. The highest BCUT2D eigenvalue weighted by Crippen LogP contribution is 2.24. The number of hydrogen-bond donors (Lipinski definition) is 0. The first-order valence-corrected chi connectivity index (χ1v) is 9.72. The predicted octanol–water partition coefficient (Wildman–Crippen LogP) is 5.46. The highest BCUT2D eigenvalue weighted by molar-refractivity contribution is 5.60. The van der Waals surface area contributed by atoms with Crippen LogP contribution in [0.25, 0.3) is 0 Å². The quantitative estimate of drug-likeness (QED) is 0.507. The molecule has 0 heterocycles. The minimum atomic E-state index is -0.723. The number of carbonyl (C=O) groups excluding carboxylic acids is 1. The van der Waals surface area contributed by atoms with Crippen molar-refractivity contribution in [2.75, 3.05) is 14.2 Å². The second-order valence-electron chi connectivity index (χ2n) is 6.62. The lowest BCUT2D eigenvalue weighted by Gasteiger charge is -2.13. The van der Waals surface area contributed by atoms with Gasteiger partial charge in [-0.15, -0.1) is 0 Å². The second-order valence-corrected chi connectivity index (χ2v) is 6.62. The van der Waals surface area contributed by atoms with Crippen molar-refractivity contribution in [3.63, 3.8) is 0 Å². The first-order valence-electron chi connectivity index (χ1n) is 9.72. The van der Waals surface area contributed by atoms with E-state index >= 15 is 0 Å². The van der Waals surface area contributed by atoms with E-state index in [0.717, 1.165) is 36.8 Å².